The molecular weight excluding hydrogens is 256 g/mol. The average molecular weight is 280 g/mol. The summed E-state index contributed by atoms with van der Waals surface area (Å²) in [6, 6.07) is 6.01. The van der Waals surface area contributed by atoms with E-state index in [-0.39, 0.29) is 11.9 Å². The first-order valence-electron chi connectivity index (χ1n) is 6.63. The minimum Gasteiger partial charge on any atom is -0.348 e. The molecule has 106 valence electrons. The number of aryl methyl sites for hydroxylation is 1. The molecule has 4 heteroatoms. The van der Waals surface area contributed by atoms with E-state index in [4.69, 9.17) is 5.73 Å². The number of hydrogen-bond acceptors (Lipinski definition) is 3. The molecule has 0 aliphatic heterocycles. The van der Waals surface area contributed by atoms with E-state index in [9.17, 15) is 4.79 Å². The molecule has 0 fully saturated rings. The lowest BCUT2D eigenvalue weighted by atomic mass is 10.0. The first kappa shape index (κ1) is 16.1. The van der Waals surface area contributed by atoms with E-state index < -0.39 is 0 Å². The van der Waals surface area contributed by atoms with Crippen LogP contribution in [-0.4, -0.2) is 24.7 Å². The van der Waals surface area contributed by atoms with E-state index in [0.29, 0.717) is 12.5 Å². The quantitative estimate of drug-likeness (QED) is 0.788. The van der Waals surface area contributed by atoms with E-state index in [2.05, 4.69) is 19.2 Å². The molecule has 1 unspecified atom stereocenters. The number of nitrogens with two attached hydrogens (primary N) is 1. The van der Waals surface area contributed by atoms with Crippen molar-refractivity contribution >= 4 is 17.7 Å². The van der Waals surface area contributed by atoms with Gasteiger partial charge in [-0.1, -0.05) is 19.9 Å². The largest absolute Gasteiger partial charge is 0.348 e. The molecule has 0 bridgehead atoms. The number of nitrogens with one attached hydrogen (secondary N) is 1. The molecule has 0 saturated heterocycles. The maximum absolute atomic E-state index is 12.3. The maximum atomic E-state index is 12.3. The van der Waals surface area contributed by atoms with Gasteiger partial charge in [-0.25, -0.2) is 0 Å². The Morgan fingerprint density at radius 2 is 2.11 bits per heavy atom. The van der Waals surface area contributed by atoms with Crippen LogP contribution >= 0.6 is 11.8 Å². The second-order valence-electron chi connectivity index (χ2n) is 5.22. The highest BCUT2D eigenvalue weighted by Crippen LogP contribution is 2.19. The lowest BCUT2D eigenvalue weighted by Gasteiger charge is -2.19. The molecule has 0 heterocycles. The van der Waals surface area contributed by atoms with Crippen LogP contribution in [0.15, 0.2) is 23.1 Å². The van der Waals surface area contributed by atoms with Crippen LogP contribution in [0.2, 0.25) is 0 Å². The Labute approximate surface area is 120 Å². The van der Waals surface area contributed by atoms with Crippen molar-refractivity contribution < 1.29 is 4.79 Å². The van der Waals surface area contributed by atoms with Gasteiger partial charge in [-0.15, -0.1) is 11.8 Å². The molecule has 0 radical (unpaired) electrons. The maximum Gasteiger partial charge on any atom is 0.251 e. The zero-order valence-electron chi connectivity index (χ0n) is 12.2. The summed E-state index contributed by atoms with van der Waals surface area (Å²) >= 11 is 1.64. The Morgan fingerprint density at radius 3 is 2.63 bits per heavy atom. The second kappa shape index (κ2) is 7.56. The van der Waals surface area contributed by atoms with Gasteiger partial charge in [-0.05, 0) is 43.2 Å². The van der Waals surface area contributed by atoms with Gasteiger partial charge < -0.3 is 11.1 Å². The third-order valence-electron chi connectivity index (χ3n) is 3.07. The fourth-order valence-electron chi connectivity index (χ4n) is 2.02. The fourth-order valence-corrected chi connectivity index (χ4v) is 2.46. The Bertz CT molecular complexity index is 432. The van der Waals surface area contributed by atoms with Gasteiger partial charge in [0.1, 0.15) is 0 Å². The highest BCUT2D eigenvalue weighted by Gasteiger charge is 2.15. The lowest BCUT2D eigenvalue weighted by Crippen LogP contribution is -2.41. The van der Waals surface area contributed by atoms with Gasteiger partial charge in [0.25, 0.3) is 5.91 Å². The molecule has 1 amide bonds. The van der Waals surface area contributed by atoms with Gasteiger partial charge in [-0.2, -0.15) is 0 Å². The number of hydrogen-bond donors (Lipinski definition) is 2. The number of thioether (sulfide) groups is 1. The van der Waals surface area contributed by atoms with Crippen LogP contribution in [0.3, 0.4) is 0 Å². The number of carbonyl (C=O) groups excluding carboxylic acids is 1. The molecule has 1 rings (SSSR count). The summed E-state index contributed by atoms with van der Waals surface area (Å²) < 4.78 is 0. The third-order valence-corrected chi connectivity index (χ3v) is 3.79. The highest BCUT2D eigenvalue weighted by atomic mass is 32.2. The minimum absolute atomic E-state index is 0.0236. The fraction of sp³-hybridized carbons (Fsp3) is 0.533. The van der Waals surface area contributed by atoms with Crippen molar-refractivity contribution in [1.29, 1.82) is 0 Å². The predicted octanol–water partition coefficient (Wildman–Crippen LogP) is 2.82. The molecule has 0 aromatic heterocycles. The third kappa shape index (κ3) is 4.88. The van der Waals surface area contributed by atoms with Crippen LogP contribution in [0, 0.1) is 12.8 Å². The number of amides is 1. The topological polar surface area (TPSA) is 55.1 Å². The molecule has 3 nitrogen and oxygen atoms in total. The van der Waals surface area contributed by atoms with Crippen LogP contribution < -0.4 is 11.1 Å². The van der Waals surface area contributed by atoms with Crippen molar-refractivity contribution in [3.63, 3.8) is 0 Å². The average Bonchev–Trinajstić information content (AvgIpc) is 2.37. The molecule has 1 atom stereocenters. The Hall–Kier alpha value is -1.00. The van der Waals surface area contributed by atoms with E-state index in [1.54, 1.807) is 11.8 Å². The van der Waals surface area contributed by atoms with Crippen LogP contribution in [0.4, 0.5) is 0 Å². The Balaban J connectivity index is 2.81. The number of rotatable bonds is 6. The predicted molar refractivity (Wildman–Crippen MR) is 82.7 cm³/mol. The standard InChI is InChI=1S/C15H24N2OS/c1-10(2)7-12(9-16)17-15(18)14-8-13(19-4)6-5-11(14)3/h5-6,8,10,12H,7,9,16H2,1-4H3,(H,17,18). The summed E-state index contributed by atoms with van der Waals surface area (Å²) in [7, 11) is 0. The van der Waals surface area contributed by atoms with Crippen molar-refractivity contribution in [2.45, 2.75) is 38.1 Å². The molecule has 0 spiro atoms. The minimum atomic E-state index is -0.0236. The van der Waals surface area contributed by atoms with Gasteiger partial charge in [0.05, 0.1) is 0 Å². The van der Waals surface area contributed by atoms with E-state index in [0.717, 1.165) is 22.4 Å². The van der Waals surface area contributed by atoms with Crippen LogP contribution in [0.25, 0.3) is 0 Å². The first-order chi connectivity index (χ1) is 8.97. The van der Waals surface area contributed by atoms with Crippen LogP contribution in [0.1, 0.15) is 36.2 Å². The first-order valence-corrected chi connectivity index (χ1v) is 7.86. The lowest BCUT2D eigenvalue weighted by molar-refractivity contribution is 0.0933. The Morgan fingerprint density at radius 1 is 1.42 bits per heavy atom. The van der Waals surface area contributed by atoms with Crippen LogP contribution in [-0.2, 0) is 0 Å². The van der Waals surface area contributed by atoms with Crippen molar-refractivity contribution in [3.8, 4) is 0 Å². The van der Waals surface area contributed by atoms with Crippen molar-refractivity contribution in [1.82, 2.24) is 5.32 Å². The summed E-state index contributed by atoms with van der Waals surface area (Å²) in [6.07, 6.45) is 2.91. The summed E-state index contributed by atoms with van der Waals surface area (Å²) in [6.45, 7) is 6.70. The molecule has 0 aliphatic carbocycles. The van der Waals surface area contributed by atoms with Crippen molar-refractivity contribution in [3.05, 3.63) is 29.3 Å². The van der Waals surface area contributed by atoms with Gasteiger partial charge in [0.2, 0.25) is 0 Å². The van der Waals surface area contributed by atoms with Gasteiger partial charge in [-0.3, -0.25) is 4.79 Å². The molecule has 19 heavy (non-hydrogen) atoms. The van der Waals surface area contributed by atoms with E-state index in [1.807, 2.05) is 31.4 Å². The SMILES string of the molecule is CSc1ccc(C)c(C(=O)NC(CN)CC(C)C)c1. The van der Waals surface area contributed by atoms with Crippen molar-refractivity contribution in [2.24, 2.45) is 11.7 Å². The molecular formula is C15H24N2OS. The number of carbonyl (C=O) groups is 1. The smallest absolute Gasteiger partial charge is 0.251 e. The van der Waals surface area contributed by atoms with Crippen molar-refractivity contribution in [2.75, 3.05) is 12.8 Å². The van der Waals surface area contributed by atoms with Gasteiger partial charge in [0, 0.05) is 23.0 Å². The molecule has 0 saturated carbocycles. The summed E-state index contributed by atoms with van der Waals surface area (Å²) in [5.74, 6) is 0.497. The zero-order chi connectivity index (χ0) is 14.4. The van der Waals surface area contributed by atoms with Crippen LogP contribution in [0.5, 0.6) is 0 Å². The molecule has 0 aliphatic rings. The van der Waals surface area contributed by atoms with Gasteiger partial charge >= 0.3 is 0 Å². The summed E-state index contributed by atoms with van der Waals surface area (Å²) in [5.41, 5.74) is 7.46. The van der Waals surface area contributed by atoms with E-state index >= 15 is 0 Å². The number of benzene rings is 1. The van der Waals surface area contributed by atoms with Gasteiger partial charge in [0.15, 0.2) is 0 Å². The Kier molecular flexibility index (Phi) is 6.38. The zero-order valence-corrected chi connectivity index (χ0v) is 13.0. The van der Waals surface area contributed by atoms with E-state index in [1.165, 1.54) is 0 Å². The summed E-state index contributed by atoms with van der Waals surface area (Å²) in [4.78, 5) is 13.4. The second-order valence-corrected chi connectivity index (χ2v) is 6.10. The molecule has 1 aromatic carbocycles. The summed E-state index contributed by atoms with van der Waals surface area (Å²) in [5, 5.41) is 3.03. The highest BCUT2D eigenvalue weighted by molar-refractivity contribution is 7.98. The molecule has 3 N–H and O–H groups in total. The molecule has 1 aromatic rings. The normalized spacial score (nSPS) is 12.5. The monoisotopic (exact) mass is 280 g/mol.